The molecule has 0 heterocycles. The number of aryl methyl sites for hydroxylation is 1. The van der Waals surface area contributed by atoms with Crippen molar-refractivity contribution in [2.24, 2.45) is 0 Å². The van der Waals surface area contributed by atoms with E-state index < -0.39 is 0 Å². The number of thioether (sulfide) groups is 1. The van der Waals surface area contributed by atoms with E-state index in [0.717, 1.165) is 0 Å². The zero-order valence-electron chi connectivity index (χ0n) is 9.62. The number of carbonyl (C=O) groups excluding carboxylic acids is 1. The summed E-state index contributed by atoms with van der Waals surface area (Å²) >= 11 is 1.78. The monoisotopic (exact) mass is 222 g/mol. The van der Waals surface area contributed by atoms with Crippen molar-refractivity contribution in [3.05, 3.63) is 29.8 Å². The molecule has 0 aromatic heterocycles. The van der Waals surface area contributed by atoms with Crippen LogP contribution < -0.4 is 0 Å². The summed E-state index contributed by atoms with van der Waals surface area (Å²) in [7, 11) is 0. The number of hydrogen-bond donors (Lipinski definition) is 0. The maximum Gasteiger partial charge on any atom is 0.133 e. The van der Waals surface area contributed by atoms with E-state index in [9.17, 15) is 4.79 Å². The molecule has 82 valence electrons. The van der Waals surface area contributed by atoms with Crippen LogP contribution in [0.1, 0.15) is 32.3 Å². The van der Waals surface area contributed by atoms with Crippen molar-refractivity contribution in [2.75, 3.05) is 0 Å². The van der Waals surface area contributed by atoms with Gasteiger partial charge in [0, 0.05) is 23.0 Å². The van der Waals surface area contributed by atoms with Crippen LogP contribution in [0.4, 0.5) is 0 Å². The molecule has 1 rings (SSSR count). The highest BCUT2D eigenvalue weighted by molar-refractivity contribution is 8.00. The van der Waals surface area contributed by atoms with Crippen molar-refractivity contribution in [2.45, 2.75) is 43.8 Å². The summed E-state index contributed by atoms with van der Waals surface area (Å²) < 4.78 is 0. The molecule has 1 atom stereocenters. The van der Waals surface area contributed by atoms with Gasteiger partial charge in [-0.3, -0.25) is 4.79 Å². The summed E-state index contributed by atoms with van der Waals surface area (Å²) in [6, 6.07) is 8.45. The molecule has 0 saturated heterocycles. The predicted octanol–water partition coefficient (Wildman–Crippen LogP) is 3.84. The van der Waals surface area contributed by atoms with Crippen molar-refractivity contribution < 1.29 is 4.79 Å². The van der Waals surface area contributed by atoms with Crippen LogP contribution in [0.5, 0.6) is 0 Å². The lowest BCUT2D eigenvalue weighted by atomic mass is 10.2. The molecule has 15 heavy (non-hydrogen) atoms. The summed E-state index contributed by atoms with van der Waals surface area (Å²) in [5.41, 5.74) is 1.27. The van der Waals surface area contributed by atoms with E-state index in [4.69, 9.17) is 0 Å². The molecule has 2 heteroatoms. The highest BCUT2D eigenvalue weighted by atomic mass is 32.2. The van der Waals surface area contributed by atoms with E-state index in [1.165, 1.54) is 10.5 Å². The first kappa shape index (κ1) is 12.3. The molecule has 0 radical (unpaired) electrons. The molecule has 0 bridgehead atoms. The van der Waals surface area contributed by atoms with Crippen LogP contribution in [0.2, 0.25) is 0 Å². The zero-order valence-corrected chi connectivity index (χ0v) is 10.4. The molecule has 0 fully saturated rings. The third-order valence-electron chi connectivity index (χ3n) is 2.27. The molecule has 0 amide bonds. The zero-order chi connectivity index (χ0) is 11.3. The molecule has 0 N–H and O–H groups in total. The minimum atomic E-state index is 0.349. The van der Waals surface area contributed by atoms with E-state index >= 15 is 0 Å². The van der Waals surface area contributed by atoms with Crippen LogP contribution in [-0.2, 0) is 4.79 Å². The molecule has 1 unspecified atom stereocenters. The smallest absolute Gasteiger partial charge is 0.133 e. The summed E-state index contributed by atoms with van der Waals surface area (Å²) in [5.74, 6) is 0.349. The SMILES string of the molecule is CCC(=O)CC(C)Sc1ccc(C)cc1. The first-order valence-electron chi connectivity index (χ1n) is 5.37. The van der Waals surface area contributed by atoms with Gasteiger partial charge in [-0.2, -0.15) is 0 Å². The third kappa shape index (κ3) is 4.52. The maximum absolute atomic E-state index is 11.3. The van der Waals surface area contributed by atoms with E-state index in [1.807, 2.05) is 6.92 Å². The highest BCUT2D eigenvalue weighted by Crippen LogP contribution is 2.25. The van der Waals surface area contributed by atoms with Gasteiger partial charge in [0.05, 0.1) is 0 Å². The van der Waals surface area contributed by atoms with Crippen LogP contribution in [0.15, 0.2) is 29.2 Å². The second-order valence-electron chi connectivity index (χ2n) is 3.84. The van der Waals surface area contributed by atoms with Gasteiger partial charge in [0.1, 0.15) is 5.78 Å². The Kier molecular flexibility index (Phi) is 4.89. The van der Waals surface area contributed by atoms with Crippen LogP contribution in [0.25, 0.3) is 0 Å². The first-order valence-corrected chi connectivity index (χ1v) is 6.24. The Morgan fingerprint density at radius 1 is 1.33 bits per heavy atom. The average molecular weight is 222 g/mol. The molecule has 0 saturated carbocycles. The Balaban J connectivity index is 2.47. The Hall–Kier alpha value is -0.760. The molecule has 1 nitrogen and oxygen atoms in total. The summed E-state index contributed by atoms with van der Waals surface area (Å²) in [6.45, 7) is 6.11. The Labute approximate surface area is 96.3 Å². The highest BCUT2D eigenvalue weighted by Gasteiger charge is 2.08. The van der Waals surface area contributed by atoms with Crippen LogP contribution in [-0.4, -0.2) is 11.0 Å². The number of hydrogen-bond acceptors (Lipinski definition) is 2. The van der Waals surface area contributed by atoms with Crippen LogP contribution in [0.3, 0.4) is 0 Å². The van der Waals surface area contributed by atoms with Crippen molar-refractivity contribution in [1.29, 1.82) is 0 Å². The van der Waals surface area contributed by atoms with E-state index in [-0.39, 0.29) is 0 Å². The van der Waals surface area contributed by atoms with Gasteiger partial charge in [-0.1, -0.05) is 31.5 Å². The minimum Gasteiger partial charge on any atom is -0.300 e. The normalized spacial score (nSPS) is 12.5. The Morgan fingerprint density at radius 3 is 2.47 bits per heavy atom. The maximum atomic E-state index is 11.3. The van der Waals surface area contributed by atoms with E-state index in [0.29, 0.717) is 23.9 Å². The second-order valence-corrected chi connectivity index (χ2v) is 5.35. The van der Waals surface area contributed by atoms with Crippen molar-refractivity contribution in [1.82, 2.24) is 0 Å². The van der Waals surface area contributed by atoms with Gasteiger partial charge in [-0.15, -0.1) is 11.8 Å². The second kappa shape index (κ2) is 5.96. The Bertz CT molecular complexity index is 316. The minimum absolute atomic E-state index is 0.349. The number of rotatable bonds is 5. The largest absolute Gasteiger partial charge is 0.300 e. The fourth-order valence-electron chi connectivity index (χ4n) is 1.36. The van der Waals surface area contributed by atoms with Gasteiger partial charge < -0.3 is 0 Å². The van der Waals surface area contributed by atoms with E-state index in [1.54, 1.807) is 11.8 Å². The van der Waals surface area contributed by atoms with Gasteiger partial charge in [0.2, 0.25) is 0 Å². The molecule has 0 spiro atoms. The number of benzene rings is 1. The lowest BCUT2D eigenvalue weighted by Gasteiger charge is -2.09. The van der Waals surface area contributed by atoms with Gasteiger partial charge in [-0.05, 0) is 19.1 Å². The summed E-state index contributed by atoms with van der Waals surface area (Å²) in [4.78, 5) is 12.5. The third-order valence-corrected chi connectivity index (χ3v) is 3.38. The number of Topliss-reactive ketones (excluding diaryl/α,β-unsaturated/α-hetero) is 1. The molecular weight excluding hydrogens is 204 g/mol. The van der Waals surface area contributed by atoms with Gasteiger partial charge in [-0.25, -0.2) is 0 Å². The van der Waals surface area contributed by atoms with Crippen LogP contribution in [0, 0.1) is 6.92 Å². The van der Waals surface area contributed by atoms with Crippen molar-refractivity contribution >= 4 is 17.5 Å². The molecule has 0 aliphatic rings. The standard InChI is InChI=1S/C13H18OS/c1-4-12(14)9-11(3)15-13-7-5-10(2)6-8-13/h5-8,11H,4,9H2,1-3H3. The number of ketones is 1. The first-order chi connectivity index (χ1) is 7.11. The number of carbonyl (C=O) groups is 1. The average Bonchev–Trinajstić information content (AvgIpc) is 2.21. The lowest BCUT2D eigenvalue weighted by molar-refractivity contribution is -0.118. The molecule has 0 aliphatic carbocycles. The summed E-state index contributed by atoms with van der Waals surface area (Å²) in [5, 5.41) is 0.375. The fraction of sp³-hybridized carbons (Fsp3) is 0.462. The van der Waals surface area contributed by atoms with Crippen molar-refractivity contribution in [3.8, 4) is 0 Å². The molecular formula is C13H18OS. The predicted molar refractivity (Wildman–Crippen MR) is 66.4 cm³/mol. The molecule has 1 aromatic rings. The molecule has 1 aromatic carbocycles. The van der Waals surface area contributed by atoms with Crippen molar-refractivity contribution in [3.63, 3.8) is 0 Å². The van der Waals surface area contributed by atoms with E-state index in [2.05, 4.69) is 38.1 Å². The topological polar surface area (TPSA) is 17.1 Å². The fourth-order valence-corrected chi connectivity index (χ4v) is 2.38. The molecule has 0 aliphatic heterocycles. The quantitative estimate of drug-likeness (QED) is 0.704. The Morgan fingerprint density at radius 2 is 1.93 bits per heavy atom. The van der Waals surface area contributed by atoms with Gasteiger partial charge >= 0.3 is 0 Å². The lowest BCUT2D eigenvalue weighted by Crippen LogP contribution is -2.05. The van der Waals surface area contributed by atoms with Gasteiger partial charge in [0.25, 0.3) is 0 Å². The van der Waals surface area contributed by atoms with Crippen LogP contribution >= 0.6 is 11.8 Å². The van der Waals surface area contributed by atoms with Gasteiger partial charge in [0.15, 0.2) is 0 Å². The summed E-state index contributed by atoms with van der Waals surface area (Å²) in [6.07, 6.45) is 1.33.